The number of hydrogen-bond acceptors (Lipinski definition) is 6. The summed E-state index contributed by atoms with van der Waals surface area (Å²) in [6, 6.07) is 3.73. The highest BCUT2D eigenvalue weighted by atomic mass is 35.5. The summed E-state index contributed by atoms with van der Waals surface area (Å²) in [5.74, 6) is 0. The third-order valence-corrected chi connectivity index (χ3v) is 3.28. The van der Waals surface area contributed by atoms with E-state index in [1.165, 1.54) is 12.1 Å². The zero-order valence-corrected chi connectivity index (χ0v) is 12.8. The Labute approximate surface area is 133 Å². The van der Waals surface area contributed by atoms with Gasteiger partial charge >= 0.3 is 11.4 Å². The quantitative estimate of drug-likeness (QED) is 0.305. The number of nitrogens with zero attached hydrogens (tertiary/aromatic N) is 3. The Morgan fingerprint density at radius 1 is 1.05 bits per heavy atom. The van der Waals surface area contributed by atoms with Crippen LogP contribution in [0.4, 0.5) is 11.4 Å². The van der Waals surface area contributed by atoms with Crippen LogP contribution in [-0.2, 0) is 6.54 Å². The number of aliphatic hydroxyl groups is 2. The van der Waals surface area contributed by atoms with Gasteiger partial charge in [-0.25, -0.2) is 0 Å². The predicted molar refractivity (Wildman–Crippen MR) is 73.5 cm³/mol. The minimum absolute atomic E-state index is 0. The molecule has 0 atom stereocenters. The van der Waals surface area contributed by atoms with E-state index in [0.717, 1.165) is 6.07 Å². The molecule has 0 aliphatic rings. The van der Waals surface area contributed by atoms with Crippen molar-refractivity contribution in [2.24, 2.45) is 0 Å². The van der Waals surface area contributed by atoms with E-state index in [0.29, 0.717) is 25.2 Å². The molecule has 0 radical (unpaired) electrons. The summed E-state index contributed by atoms with van der Waals surface area (Å²) in [7, 11) is 1.79. The first-order valence-electron chi connectivity index (χ1n) is 6.30. The first-order valence-corrected chi connectivity index (χ1v) is 6.30. The van der Waals surface area contributed by atoms with Crippen LogP contribution in [0.5, 0.6) is 0 Å². The predicted octanol–water partition coefficient (Wildman–Crippen LogP) is -2.56. The van der Waals surface area contributed by atoms with Crippen LogP contribution in [-0.4, -0.2) is 57.9 Å². The Morgan fingerprint density at radius 3 is 1.95 bits per heavy atom. The Balaban J connectivity index is 0.00000441. The van der Waals surface area contributed by atoms with Crippen molar-refractivity contribution >= 4 is 11.4 Å². The highest BCUT2D eigenvalue weighted by Gasteiger charge is 2.27. The average molecular weight is 336 g/mol. The molecule has 0 saturated heterocycles. The maximum atomic E-state index is 10.9. The molecular weight excluding hydrogens is 318 g/mol. The van der Waals surface area contributed by atoms with Crippen molar-refractivity contribution in [3.63, 3.8) is 0 Å². The normalized spacial score (nSPS) is 10.9. The molecule has 0 aromatic heterocycles. The van der Waals surface area contributed by atoms with Gasteiger partial charge in [-0.2, -0.15) is 0 Å². The second-order valence-electron chi connectivity index (χ2n) is 5.01. The maximum Gasteiger partial charge on any atom is 0.346 e. The summed E-state index contributed by atoms with van der Waals surface area (Å²) < 4.78 is 0.280. The fourth-order valence-corrected chi connectivity index (χ4v) is 2.16. The lowest BCUT2D eigenvalue weighted by molar-refractivity contribution is -0.923. The van der Waals surface area contributed by atoms with Crippen LogP contribution in [0, 0.1) is 20.2 Å². The molecule has 1 aromatic rings. The Kier molecular flexibility index (Phi) is 7.88. The summed E-state index contributed by atoms with van der Waals surface area (Å²) >= 11 is 0. The molecule has 0 amide bonds. The average Bonchev–Trinajstić information content (AvgIpc) is 2.38. The van der Waals surface area contributed by atoms with Crippen molar-refractivity contribution in [1.29, 1.82) is 0 Å². The van der Waals surface area contributed by atoms with Gasteiger partial charge in [0.15, 0.2) is 0 Å². The topological polar surface area (TPSA) is 127 Å². The van der Waals surface area contributed by atoms with E-state index in [-0.39, 0.29) is 30.1 Å². The zero-order valence-electron chi connectivity index (χ0n) is 12.0. The van der Waals surface area contributed by atoms with E-state index < -0.39 is 21.2 Å². The maximum absolute atomic E-state index is 10.9. The molecule has 9 nitrogen and oxygen atoms in total. The van der Waals surface area contributed by atoms with E-state index in [1.54, 1.807) is 7.05 Å². The number of hydrogen-bond donors (Lipinski definition) is 2. The molecule has 1 aromatic carbocycles. The summed E-state index contributed by atoms with van der Waals surface area (Å²) in [5.41, 5.74) is -0.573. The van der Waals surface area contributed by atoms with Gasteiger partial charge in [0.2, 0.25) is 0 Å². The summed E-state index contributed by atoms with van der Waals surface area (Å²) in [5, 5.41) is 39.8. The number of benzene rings is 1. The van der Waals surface area contributed by atoms with Crippen LogP contribution in [0.3, 0.4) is 0 Å². The molecule has 22 heavy (non-hydrogen) atoms. The second-order valence-corrected chi connectivity index (χ2v) is 5.01. The number of nitro benzene ring substituents is 2. The van der Waals surface area contributed by atoms with Crippen molar-refractivity contribution in [3.05, 3.63) is 44.0 Å². The third kappa shape index (κ3) is 5.19. The van der Waals surface area contributed by atoms with Crippen LogP contribution in [0.15, 0.2) is 18.2 Å². The Morgan fingerprint density at radius 2 is 1.55 bits per heavy atom. The minimum Gasteiger partial charge on any atom is -1.00 e. The Bertz CT molecular complexity index is 534. The molecular formula is C12H18ClN3O6. The van der Waals surface area contributed by atoms with Crippen LogP contribution in [0.2, 0.25) is 0 Å². The summed E-state index contributed by atoms with van der Waals surface area (Å²) in [6.07, 6.45) is 0. The monoisotopic (exact) mass is 335 g/mol. The van der Waals surface area contributed by atoms with E-state index in [4.69, 9.17) is 10.2 Å². The molecule has 0 fully saturated rings. The molecule has 0 aliphatic heterocycles. The Hall–Kier alpha value is -1.81. The number of quaternary nitrogens is 1. The van der Waals surface area contributed by atoms with E-state index >= 15 is 0 Å². The number of likely N-dealkylation sites (N-methyl/N-ethyl adjacent to an activating group) is 1. The van der Waals surface area contributed by atoms with E-state index in [9.17, 15) is 20.2 Å². The first-order chi connectivity index (χ1) is 9.83. The molecule has 0 aliphatic carbocycles. The molecule has 124 valence electrons. The zero-order chi connectivity index (χ0) is 16.0. The number of halogens is 1. The van der Waals surface area contributed by atoms with Gasteiger partial charge in [0.05, 0.1) is 30.1 Å². The fourth-order valence-electron chi connectivity index (χ4n) is 2.16. The molecule has 1 rings (SSSR count). The second kappa shape index (κ2) is 8.59. The highest BCUT2D eigenvalue weighted by molar-refractivity contribution is 5.53. The number of nitro groups is 2. The fraction of sp³-hybridized carbons (Fsp3) is 0.500. The van der Waals surface area contributed by atoms with Gasteiger partial charge in [-0.15, -0.1) is 0 Å². The molecule has 0 heterocycles. The van der Waals surface area contributed by atoms with Gasteiger partial charge in [0.1, 0.15) is 19.6 Å². The van der Waals surface area contributed by atoms with Gasteiger partial charge in [-0.1, -0.05) is 0 Å². The van der Waals surface area contributed by atoms with Crippen molar-refractivity contribution in [2.45, 2.75) is 6.54 Å². The lowest BCUT2D eigenvalue weighted by Gasteiger charge is -2.33. The summed E-state index contributed by atoms with van der Waals surface area (Å²) in [4.78, 5) is 20.1. The summed E-state index contributed by atoms with van der Waals surface area (Å²) in [6.45, 7) is 0.869. The van der Waals surface area contributed by atoms with Gasteiger partial charge < -0.3 is 27.1 Å². The number of aliphatic hydroxyl groups excluding tert-OH is 2. The van der Waals surface area contributed by atoms with Gasteiger partial charge in [0.25, 0.3) is 0 Å². The van der Waals surface area contributed by atoms with Crippen LogP contribution >= 0.6 is 0 Å². The molecule has 2 N–H and O–H groups in total. The standard InChI is InChI=1S/C12H18N3O6.ClH/c1-15(4-6-16,5-7-17)9-10-2-3-11(13(18)19)12(8-10)14(20)21;/h2-3,8,16-17H,4-7,9H2,1H3;1H/q+1;/p-1. The van der Waals surface area contributed by atoms with Gasteiger partial charge in [0, 0.05) is 17.7 Å². The molecule has 0 bridgehead atoms. The molecule has 0 saturated carbocycles. The van der Waals surface area contributed by atoms with Crippen molar-refractivity contribution in [1.82, 2.24) is 0 Å². The van der Waals surface area contributed by atoms with Gasteiger partial charge in [-0.05, 0) is 6.07 Å². The number of rotatable bonds is 8. The highest BCUT2D eigenvalue weighted by Crippen LogP contribution is 2.28. The van der Waals surface area contributed by atoms with Crippen LogP contribution in [0.1, 0.15) is 5.56 Å². The lowest BCUT2D eigenvalue weighted by atomic mass is 10.1. The largest absolute Gasteiger partial charge is 1.00 e. The molecule has 0 unspecified atom stereocenters. The SMILES string of the molecule is C[N+](CCO)(CCO)Cc1ccc([N+](=O)[O-])c([N+](=O)[O-])c1.[Cl-]. The smallest absolute Gasteiger partial charge is 0.346 e. The van der Waals surface area contributed by atoms with Crippen molar-refractivity contribution in [3.8, 4) is 0 Å². The third-order valence-electron chi connectivity index (χ3n) is 3.28. The lowest BCUT2D eigenvalue weighted by Crippen LogP contribution is -3.00. The van der Waals surface area contributed by atoms with Crippen molar-refractivity contribution < 1.29 is 36.9 Å². The van der Waals surface area contributed by atoms with Crippen LogP contribution in [0.25, 0.3) is 0 Å². The molecule has 0 spiro atoms. The van der Waals surface area contributed by atoms with Gasteiger partial charge in [-0.3, -0.25) is 20.2 Å². The van der Waals surface area contributed by atoms with E-state index in [1.807, 2.05) is 0 Å². The first kappa shape index (κ1) is 20.2. The van der Waals surface area contributed by atoms with Crippen molar-refractivity contribution in [2.75, 3.05) is 33.4 Å². The van der Waals surface area contributed by atoms with Crippen LogP contribution < -0.4 is 12.4 Å². The van der Waals surface area contributed by atoms with E-state index in [2.05, 4.69) is 0 Å². The molecule has 10 heteroatoms. The minimum atomic E-state index is -0.794.